The van der Waals surface area contributed by atoms with Crippen LogP contribution in [-0.2, 0) is 0 Å². The monoisotopic (exact) mass is 207 g/mol. The van der Waals surface area contributed by atoms with E-state index in [0.717, 1.165) is 11.5 Å². The van der Waals surface area contributed by atoms with Crippen LogP contribution in [0, 0.1) is 11.8 Å². The Hall–Kier alpha value is -0.630. The first kappa shape index (κ1) is 9.91. The Morgan fingerprint density at radius 1 is 1.50 bits per heavy atom. The lowest BCUT2D eigenvalue weighted by atomic mass is 9.89. The zero-order valence-electron chi connectivity index (χ0n) is 8.59. The van der Waals surface area contributed by atoms with Crippen molar-refractivity contribution in [3.05, 3.63) is 34.4 Å². The van der Waals surface area contributed by atoms with Crippen molar-refractivity contribution in [3.63, 3.8) is 0 Å². The van der Waals surface area contributed by atoms with Gasteiger partial charge in [-0.05, 0) is 49.2 Å². The standard InChI is InChI=1S/C12H17NS/c1-7(2)5-10-8-3-4-9(6-8)11(10)12(13)14/h5,8-9,14H,1,3-4,6,13H2,2H3/b10-5?,12-11-. The Morgan fingerprint density at radius 3 is 2.71 bits per heavy atom. The highest BCUT2D eigenvalue weighted by Crippen LogP contribution is 2.52. The van der Waals surface area contributed by atoms with E-state index in [1.807, 2.05) is 6.92 Å². The molecule has 14 heavy (non-hydrogen) atoms. The van der Waals surface area contributed by atoms with E-state index in [1.54, 1.807) is 0 Å². The van der Waals surface area contributed by atoms with Gasteiger partial charge in [0.25, 0.3) is 0 Å². The summed E-state index contributed by atoms with van der Waals surface area (Å²) in [5.74, 6) is 1.39. The van der Waals surface area contributed by atoms with Crippen LogP contribution in [0.4, 0.5) is 0 Å². The number of fused-ring (bicyclic) bond motifs is 2. The molecule has 2 saturated carbocycles. The van der Waals surface area contributed by atoms with E-state index in [-0.39, 0.29) is 0 Å². The lowest BCUT2D eigenvalue weighted by Gasteiger charge is -2.18. The van der Waals surface area contributed by atoms with Crippen LogP contribution >= 0.6 is 12.6 Å². The van der Waals surface area contributed by atoms with Gasteiger partial charge in [0, 0.05) is 0 Å². The van der Waals surface area contributed by atoms with Crippen LogP contribution in [0.1, 0.15) is 26.2 Å². The molecule has 2 aliphatic rings. The second-order valence-electron chi connectivity index (χ2n) is 4.45. The summed E-state index contributed by atoms with van der Waals surface area (Å²) in [6.45, 7) is 5.96. The number of hydrogen-bond donors (Lipinski definition) is 2. The summed E-state index contributed by atoms with van der Waals surface area (Å²) in [4.78, 5) is 0. The number of nitrogens with two attached hydrogens (primary N) is 1. The first-order valence-electron chi connectivity index (χ1n) is 5.15. The van der Waals surface area contributed by atoms with E-state index in [9.17, 15) is 0 Å². The Morgan fingerprint density at radius 2 is 2.14 bits per heavy atom. The van der Waals surface area contributed by atoms with Crippen molar-refractivity contribution < 1.29 is 0 Å². The highest BCUT2D eigenvalue weighted by atomic mass is 32.1. The quantitative estimate of drug-likeness (QED) is 0.635. The molecule has 76 valence electrons. The molecule has 0 aromatic rings. The average molecular weight is 207 g/mol. The lowest BCUT2D eigenvalue weighted by Crippen LogP contribution is -2.08. The summed E-state index contributed by atoms with van der Waals surface area (Å²) in [6, 6.07) is 0. The molecule has 0 amide bonds. The molecular weight excluding hydrogens is 190 g/mol. The van der Waals surface area contributed by atoms with Gasteiger partial charge in [0.05, 0.1) is 5.03 Å². The molecular formula is C12H17NS. The van der Waals surface area contributed by atoms with Crippen molar-refractivity contribution in [3.8, 4) is 0 Å². The van der Waals surface area contributed by atoms with Gasteiger partial charge < -0.3 is 5.73 Å². The van der Waals surface area contributed by atoms with Crippen LogP contribution in [0.5, 0.6) is 0 Å². The molecule has 0 aromatic heterocycles. The Bertz CT molecular complexity index is 334. The fraction of sp³-hybridized carbons (Fsp3) is 0.500. The molecule has 2 unspecified atom stereocenters. The molecule has 0 heterocycles. The fourth-order valence-electron chi connectivity index (χ4n) is 2.80. The normalized spacial score (nSPS) is 36.6. The van der Waals surface area contributed by atoms with E-state index in [4.69, 9.17) is 5.73 Å². The highest BCUT2D eigenvalue weighted by molar-refractivity contribution is 7.84. The molecule has 2 fully saturated rings. The van der Waals surface area contributed by atoms with Gasteiger partial charge >= 0.3 is 0 Å². The minimum atomic E-state index is 0.670. The summed E-state index contributed by atoms with van der Waals surface area (Å²) < 4.78 is 0. The third-order valence-electron chi connectivity index (χ3n) is 3.27. The number of allylic oxidation sites excluding steroid dienone is 4. The van der Waals surface area contributed by atoms with Gasteiger partial charge in [-0.25, -0.2) is 0 Å². The van der Waals surface area contributed by atoms with Gasteiger partial charge in [0.15, 0.2) is 0 Å². The fourth-order valence-corrected chi connectivity index (χ4v) is 3.11. The molecule has 2 N–H and O–H groups in total. The molecule has 0 aliphatic heterocycles. The zero-order valence-corrected chi connectivity index (χ0v) is 9.48. The van der Waals surface area contributed by atoms with Crippen molar-refractivity contribution >= 4 is 12.6 Å². The van der Waals surface area contributed by atoms with E-state index in [2.05, 4.69) is 25.3 Å². The largest absolute Gasteiger partial charge is 0.393 e. The van der Waals surface area contributed by atoms with Crippen molar-refractivity contribution in [1.82, 2.24) is 0 Å². The number of rotatable bonds is 1. The Labute approximate surface area is 91.2 Å². The van der Waals surface area contributed by atoms with E-state index in [0.29, 0.717) is 10.9 Å². The van der Waals surface area contributed by atoms with Crippen LogP contribution in [0.15, 0.2) is 34.4 Å². The van der Waals surface area contributed by atoms with Crippen molar-refractivity contribution in [2.24, 2.45) is 17.6 Å². The predicted octanol–water partition coefficient (Wildman–Crippen LogP) is 3.02. The lowest BCUT2D eigenvalue weighted by molar-refractivity contribution is 0.651. The van der Waals surface area contributed by atoms with Gasteiger partial charge in [-0.3, -0.25) is 0 Å². The summed E-state index contributed by atoms with van der Waals surface area (Å²) in [6.07, 6.45) is 6.06. The predicted molar refractivity (Wildman–Crippen MR) is 63.9 cm³/mol. The molecule has 2 atom stereocenters. The van der Waals surface area contributed by atoms with Crippen molar-refractivity contribution in [2.45, 2.75) is 26.2 Å². The highest BCUT2D eigenvalue weighted by Gasteiger charge is 2.40. The van der Waals surface area contributed by atoms with E-state index in [1.165, 1.54) is 30.4 Å². The van der Waals surface area contributed by atoms with Gasteiger partial charge in [-0.15, -0.1) is 12.6 Å². The molecule has 0 radical (unpaired) electrons. The van der Waals surface area contributed by atoms with Crippen LogP contribution in [0.2, 0.25) is 0 Å². The van der Waals surface area contributed by atoms with Crippen molar-refractivity contribution in [1.29, 1.82) is 0 Å². The first-order chi connectivity index (χ1) is 6.59. The summed E-state index contributed by atoms with van der Waals surface area (Å²) in [5.41, 5.74) is 9.64. The third-order valence-corrected chi connectivity index (χ3v) is 3.51. The SMILES string of the molecule is C=C(C)C=C1/C(=C(/N)S)C2CCC1C2. The second-order valence-corrected chi connectivity index (χ2v) is 4.93. The molecule has 2 bridgehead atoms. The van der Waals surface area contributed by atoms with Crippen LogP contribution in [0.3, 0.4) is 0 Å². The molecule has 2 rings (SSSR count). The van der Waals surface area contributed by atoms with Crippen LogP contribution in [0.25, 0.3) is 0 Å². The van der Waals surface area contributed by atoms with E-state index >= 15 is 0 Å². The molecule has 0 spiro atoms. The van der Waals surface area contributed by atoms with Gasteiger partial charge in [0.1, 0.15) is 0 Å². The maximum absolute atomic E-state index is 5.82. The molecule has 2 heteroatoms. The molecule has 0 aromatic carbocycles. The Kier molecular flexibility index (Phi) is 2.48. The maximum atomic E-state index is 5.82. The maximum Gasteiger partial charge on any atom is 0.0662 e. The first-order valence-corrected chi connectivity index (χ1v) is 5.60. The molecule has 0 saturated heterocycles. The van der Waals surface area contributed by atoms with Crippen LogP contribution in [-0.4, -0.2) is 0 Å². The zero-order chi connectivity index (χ0) is 10.3. The summed E-state index contributed by atoms with van der Waals surface area (Å²) in [5, 5.41) is 0.713. The number of thiol groups is 1. The van der Waals surface area contributed by atoms with Crippen molar-refractivity contribution in [2.75, 3.05) is 0 Å². The second kappa shape index (κ2) is 3.50. The van der Waals surface area contributed by atoms with Gasteiger partial charge in [-0.1, -0.05) is 18.2 Å². The number of hydrogen-bond acceptors (Lipinski definition) is 2. The minimum Gasteiger partial charge on any atom is -0.393 e. The van der Waals surface area contributed by atoms with Gasteiger partial charge in [-0.2, -0.15) is 0 Å². The summed E-state index contributed by atoms with van der Waals surface area (Å²) >= 11 is 4.30. The molecule has 1 nitrogen and oxygen atoms in total. The average Bonchev–Trinajstić information content (AvgIpc) is 2.61. The van der Waals surface area contributed by atoms with E-state index < -0.39 is 0 Å². The van der Waals surface area contributed by atoms with Gasteiger partial charge in [0.2, 0.25) is 0 Å². The smallest absolute Gasteiger partial charge is 0.0662 e. The topological polar surface area (TPSA) is 26.0 Å². The third kappa shape index (κ3) is 1.52. The Balaban J connectivity index is 2.41. The summed E-state index contributed by atoms with van der Waals surface area (Å²) in [7, 11) is 0. The minimum absolute atomic E-state index is 0.670. The molecule has 2 aliphatic carbocycles. The van der Waals surface area contributed by atoms with Crippen LogP contribution < -0.4 is 5.73 Å².